The van der Waals surface area contributed by atoms with Gasteiger partial charge in [0.15, 0.2) is 4.34 Å². The van der Waals surface area contributed by atoms with Crippen molar-refractivity contribution in [2.45, 2.75) is 17.8 Å². The van der Waals surface area contributed by atoms with Crippen LogP contribution in [0.2, 0.25) is 0 Å². The lowest BCUT2D eigenvalue weighted by Crippen LogP contribution is -1.96. The monoisotopic (exact) mass is 301 g/mol. The first-order chi connectivity index (χ1) is 8.88. The fourth-order valence-corrected chi connectivity index (χ4v) is 3.81. The third-order valence-corrected chi connectivity index (χ3v) is 5.23. The number of nitrogens with zero attached hydrogens (tertiary/aromatic N) is 2. The van der Waals surface area contributed by atoms with E-state index >= 15 is 0 Å². The van der Waals surface area contributed by atoms with E-state index in [0.29, 0.717) is 6.54 Å². The molecular formula is C11H15N3OS3. The van der Waals surface area contributed by atoms with Crippen LogP contribution in [0.1, 0.15) is 12.7 Å². The summed E-state index contributed by atoms with van der Waals surface area (Å²) in [5.74, 6) is 4.33. The number of furan rings is 1. The molecule has 0 radical (unpaired) electrons. The summed E-state index contributed by atoms with van der Waals surface area (Å²) in [6.45, 7) is 2.83. The highest BCUT2D eigenvalue weighted by Crippen LogP contribution is 2.26. The van der Waals surface area contributed by atoms with Crippen molar-refractivity contribution in [3.8, 4) is 0 Å². The predicted molar refractivity (Wildman–Crippen MR) is 79.7 cm³/mol. The lowest BCUT2D eigenvalue weighted by molar-refractivity contribution is 0.518. The van der Waals surface area contributed by atoms with Crippen molar-refractivity contribution in [3.05, 3.63) is 24.2 Å². The number of thioether (sulfide) groups is 2. The van der Waals surface area contributed by atoms with Gasteiger partial charge in [-0.05, 0) is 17.9 Å². The molecule has 1 N–H and O–H groups in total. The molecule has 0 saturated heterocycles. The normalized spacial score (nSPS) is 10.7. The Labute approximate surface area is 119 Å². The van der Waals surface area contributed by atoms with Crippen LogP contribution in [0.15, 0.2) is 27.2 Å². The Morgan fingerprint density at radius 1 is 1.39 bits per heavy atom. The zero-order valence-electron chi connectivity index (χ0n) is 10.1. The standard InChI is InChI=1S/C11H15N3OS3/c1-2-16-6-7-17-11-14-13-10(18-11)12-8-9-4-3-5-15-9/h3-5H,2,6-8H2,1H3,(H,12,13). The smallest absolute Gasteiger partial charge is 0.206 e. The van der Waals surface area contributed by atoms with Crippen molar-refractivity contribution in [2.24, 2.45) is 0 Å². The molecule has 0 atom stereocenters. The maximum atomic E-state index is 5.24. The number of anilines is 1. The summed E-state index contributed by atoms with van der Waals surface area (Å²) >= 11 is 5.31. The van der Waals surface area contributed by atoms with E-state index in [2.05, 4.69) is 22.4 Å². The summed E-state index contributed by atoms with van der Waals surface area (Å²) in [5, 5.41) is 12.3. The van der Waals surface area contributed by atoms with Gasteiger partial charge in [-0.25, -0.2) is 0 Å². The van der Waals surface area contributed by atoms with E-state index in [9.17, 15) is 0 Å². The van der Waals surface area contributed by atoms with Gasteiger partial charge in [-0.3, -0.25) is 0 Å². The van der Waals surface area contributed by atoms with Crippen LogP contribution in [0.3, 0.4) is 0 Å². The minimum absolute atomic E-state index is 0.651. The summed E-state index contributed by atoms with van der Waals surface area (Å²) in [6.07, 6.45) is 1.67. The van der Waals surface area contributed by atoms with E-state index in [1.54, 1.807) is 29.4 Å². The second-order valence-electron chi connectivity index (χ2n) is 3.35. The largest absolute Gasteiger partial charge is 0.467 e. The van der Waals surface area contributed by atoms with Crippen LogP contribution in [0, 0.1) is 0 Å². The van der Waals surface area contributed by atoms with E-state index < -0.39 is 0 Å². The van der Waals surface area contributed by atoms with Gasteiger partial charge in [0.25, 0.3) is 0 Å². The molecule has 0 unspecified atom stereocenters. The van der Waals surface area contributed by atoms with Gasteiger partial charge in [-0.1, -0.05) is 30.0 Å². The minimum Gasteiger partial charge on any atom is -0.467 e. The molecule has 2 aromatic rings. The molecule has 0 aliphatic carbocycles. The van der Waals surface area contributed by atoms with Crippen LogP contribution in [0.5, 0.6) is 0 Å². The lowest BCUT2D eigenvalue weighted by atomic mass is 10.4. The molecule has 0 aliphatic rings. The highest BCUT2D eigenvalue weighted by molar-refractivity contribution is 8.03. The molecule has 2 rings (SSSR count). The van der Waals surface area contributed by atoms with Crippen LogP contribution in [0.4, 0.5) is 5.13 Å². The summed E-state index contributed by atoms with van der Waals surface area (Å²) in [4.78, 5) is 0. The minimum atomic E-state index is 0.651. The number of rotatable bonds is 8. The zero-order valence-corrected chi connectivity index (χ0v) is 12.5. The Morgan fingerprint density at radius 3 is 3.11 bits per heavy atom. The molecule has 0 aliphatic heterocycles. The lowest BCUT2D eigenvalue weighted by Gasteiger charge is -1.97. The molecule has 2 heterocycles. The zero-order chi connectivity index (χ0) is 12.6. The molecule has 18 heavy (non-hydrogen) atoms. The summed E-state index contributed by atoms with van der Waals surface area (Å²) in [7, 11) is 0. The van der Waals surface area contributed by atoms with Gasteiger partial charge in [0, 0.05) is 11.5 Å². The SMILES string of the molecule is CCSCCSc1nnc(NCc2ccco2)s1. The average molecular weight is 301 g/mol. The second-order valence-corrected chi connectivity index (χ2v) is 7.06. The average Bonchev–Trinajstić information content (AvgIpc) is 3.03. The number of hydrogen-bond donors (Lipinski definition) is 1. The van der Waals surface area contributed by atoms with Gasteiger partial charge in [-0.2, -0.15) is 11.8 Å². The first-order valence-electron chi connectivity index (χ1n) is 5.68. The topological polar surface area (TPSA) is 51.0 Å². The fraction of sp³-hybridized carbons (Fsp3) is 0.455. The molecule has 2 aromatic heterocycles. The fourth-order valence-electron chi connectivity index (χ4n) is 1.25. The van der Waals surface area contributed by atoms with Crippen LogP contribution in [-0.2, 0) is 6.54 Å². The van der Waals surface area contributed by atoms with Crippen LogP contribution >= 0.6 is 34.9 Å². The molecule has 4 nitrogen and oxygen atoms in total. The summed E-state index contributed by atoms with van der Waals surface area (Å²) < 4.78 is 6.26. The van der Waals surface area contributed by atoms with E-state index in [4.69, 9.17) is 4.42 Å². The van der Waals surface area contributed by atoms with Crippen molar-refractivity contribution in [1.82, 2.24) is 10.2 Å². The third-order valence-electron chi connectivity index (χ3n) is 2.06. The molecule has 0 saturated carbocycles. The highest BCUT2D eigenvalue weighted by Gasteiger charge is 2.04. The molecule has 7 heteroatoms. The van der Waals surface area contributed by atoms with Gasteiger partial charge in [0.2, 0.25) is 5.13 Å². The van der Waals surface area contributed by atoms with E-state index in [1.165, 1.54) is 5.75 Å². The maximum absolute atomic E-state index is 5.24. The van der Waals surface area contributed by atoms with Crippen molar-refractivity contribution >= 4 is 40.0 Å². The Hall–Kier alpha value is -0.660. The quantitative estimate of drug-likeness (QED) is 0.594. The van der Waals surface area contributed by atoms with Crippen LogP contribution < -0.4 is 5.32 Å². The summed E-state index contributed by atoms with van der Waals surface area (Å²) in [6, 6.07) is 3.81. The maximum Gasteiger partial charge on any atom is 0.206 e. The molecule has 0 aromatic carbocycles. The first kappa shape index (κ1) is 13.8. The van der Waals surface area contributed by atoms with Crippen molar-refractivity contribution in [2.75, 3.05) is 22.6 Å². The molecule has 0 spiro atoms. The second kappa shape index (κ2) is 7.70. The van der Waals surface area contributed by atoms with E-state index in [-0.39, 0.29) is 0 Å². The van der Waals surface area contributed by atoms with Crippen molar-refractivity contribution in [1.29, 1.82) is 0 Å². The molecule has 98 valence electrons. The molecule has 0 amide bonds. The van der Waals surface area contributed by atoms with Gasteiger partial charge >= 0.3 is 0 Å². The van der Waals surface area contributed by atoms with Crippen LogP contribution in [-0.4, -0.2) is 27.5 Å². The molecule has 0 fully saturated rings. The first-order valence-corrected chi connectivity index (χ1v) is 8.64. The molecular weight excluding hydrogens is 286 g/mol. The van der Waals surface area contributed by atoms with Crippen LogP contribution in [0.25, 0.3) is 0 Å². The Morgan fingerprint density at radius 2 is 2.33 bits per heavy atom. The Kier molecular flexibility index (Phi) is 5.89. The third kappa shape index (κ3) is 4.55. The van der Waals surface area contributed by atoms with E-state index in [1.807, 2.05) is 23.9 Å². The Bertz CT molecular complexity index is 444. The Balaban J connectivity index is 1.72. The number of hydrogen-bond acceptors (Lipinski definition) is 7. The number of nitrogens with one attached hydrogen (secondary N) is 1. The van der Waals surface area contributed by atoms with Gasteiger partial charge < -0.3 is 9.73 Å². The number of aromatic nitrogens is 2. The van der Waals surface area contributed by atoms with Crippen molar-refractivity contribution in [3.63, 3.8) is 0 Å². The predicted octanol–water partition coefficient (Wildman–Crippen LogP) is 3.59. The van der Waals surface area contributed by atoms with Gasteiger partial charge in [-0.15, -0.1) is 10.2 Å². The van der Waals surface area contributed by atoms with Gasteiger partial charge in [0.1, 0.15) is 5.76 Å². The van der Waals surface area contributed by atoms with Gasteiger partial charge in [0.05, 0.1) is 12.8 Å². The highest BCUT2D eigenvalue weighted by atomic mass is 32.2. The molecule has 0 bridgehead atoms. The van der Waals surface area contributed by atoms with E-state index in [0.717, 1.165) is 26.7 Å². The van der Waals surface area contributed by atoms with Crippen molar-refractivity contribution < 1.29 is 4.42 Å². The summed E-state index contributed by atoms with van der Waals surface area (Å²) in [5.41, 5.74) is 0.